The van der Waals surface area contributed by atoms with E-state index in [0.717, 1.165) is 12.6 Å². The highest BCUT2D eigenvalue weighted by Gasteiger charge is 2.35. The van der Waals surface area contributed by atoms with Crippen molar-refractivity contribution in [2.45, 2.75) is 64.1 Å². The number of alkyl halides is 3. The number of nitrogens with one attached hydrogen (secondary N) is 2. The summed E-state index contributed by atoms with van der Waals surface area (Å²) in [6.45, 7) is 3.88. The zero-order chi connectivity index (χ0) is 24.1. The Kier molecular flexibility index (Phi) is 7.24. The third kappa shape index (κ3) is 5.79. The summed E-state index contributed by atoms with van der Waals surface area (Å²) in [5.41, 5.74) is 1.46. The van der Waals surface area contributed by atoms with E-state index >= 15 is 0 Å². The van der Waals surface area contributed by atoms with Gasteiger partial charge >= 0.3 is 6.18 Å². The van der Waals surface area contributed by atoms with Crippen LogP contribution in [0, 0.1) is 0 Å². The van der Waals surface area contributed by atoms with Crippen LogP contribution >= 0.6 is 0 Å². The molecule has 1 aromatic heterocycles. The molecule has 5 nitrogen and oxygen atoms in total. The Morgan fingerprint density at radius 1 is 1.03 bits per heavy atom. The van der Waals surface area contributed by atoms with Crippen molar-refractivity contribution in [3.8, 4) is 5.75 Å². The molecule has 2 aromatic carbocycles. The molecule has 0 spiro atoms. The van der Waals surface area contributed by atoms with Gasteiger partial charge < -0.3 is 15.4 Å². The molecular formula is C26H29F3N4O. The van der Waals surface area contributed by atoms with Gasteiger partial charge in [0.25, 0.3) is 0 Å². The Labute approximate surface area is 197 Å². The molecule has 1 heterocycles. The summed E-state index contributed by atoms with van der Waals surface area (Å²) in [4.78, 5) is 8.07. The van der Waals surface area contributed by atoms with E-state index < -0.39 is 11.7 Å². The van der Waals surface area contributed by atoms with Crippen molar-refractivity contribution >= 4 is 23.1 Å². The molecule has 8 heteroatoms. The van der Waals surface area contributed by atoms with Gasteiger partial charge in [0.2, 0.25) is 5.95 Å². The number of aromatic nitrogens is 2. The molecule has 3 aromatic rings. The number of anilines is 4. The Balaban J connectivity index is 1.59. The fourth-order valence-corrected chi connectivity index (χ4v) is 4.07. The summed E-state index contributed by atoms with van der Waals surface area (Å²) in [5.74, 6) is 0.780. The molecule has 1 saturated carbocycles. The topological polar surface area (TPSA) is 59.1 Å². The molecule has 1 aliphatic carbocycles. The summed E-state index contributed by atoms with van der Waals surface area (Å²) in [7, 11) is 0. The van der Waals surface area contributed by atoms with Crippen LogP contribution in [-0.4, -0.2) is 16.1 Å². The van der Waals surface area contributed by atoms with Crippen molar-refractivity contribution in [2.24, 2.45) is 0 Å². The maximum Gasteiger partial charge on any atom is 0.421 e. The standard InChI is InChI=1S/C26H29F3N4O/c1-3-17(2)34-23-11-7-6-10-22(23)32-24-21(26(27,28)29)16-30-25(33-24)31-20-14-12-19(13-15-20)18-8-4-5-9-18/h6-7,10-18H,3-5,8-9H2,1-2H3,(H2,30,31,32,33). The average Bonchev–Trinajstić information content (AvgIpc) is 3.35. The van der Waals surface area contributed by atoms with Crippen molar-refractivity contribution in [1.29, 1.82) is 0 Å². The summed E-state index contributed by atoms with van der Waals surface area (Å²) < 4.78 is 47.0. The maximum atomic E-state index is 13.7. The number of para-hydroxylation sites is 2. The number of nitrogens with zero attached hydrogens (tertiary/aromatic N) is 2. The molecule has 1 atom stereocenters. The lowest BCUT2D eigenvalue weighted by atomic mass is 9.98. The second kappa shape index (κ2) is 10.3. The van der Waals surface area contributed by atoms with E-state index in [1.54, 1.807) is 24.3 Å². The van der Waals surface area contributed by atoms with Gasteiger partial charge in [-0.25, -0.2) is 4.98 Å². The molecule has 0 aliphatic heterocycles. The van der Waals surface area contributed by atoms with E-state index in [1.165, 1.54) is 31.2 Å². The first-order valence-corrected chi connectivity index (χ1v) is 11.7. The largest absolute Gasteiger partial charge is 0.489 e. The highest BCUT2D eigenvalue weighted by molar-refractivity contribution is 5.67. The Bertz CT molecular complexity index is 1100. The summed E-state index contributed by atoms with van der Waals surface area (Å²) in [6, 6.07) is 14.8. The van der Waals surface area contributed by atoms with Crippen LogP contribution in [0.25, 0.3) is 0 Å². The molecule has 180 valence electrons. The zero-order valence-corrected chi connectivity index (χ0v) is 19.3. The Morgan fingerprint density at radius 2 is 1.74 bits per heavy atom. The highest BCUT2D eigenvalue weighted by Crippen LogP contribution is 2.38. The fraction of sp³-hybridized carbons (Fsp3) is 0.385. The first-order chi connectivity index (χ1) is 16.3. The van der Waals surface area contributed by atoms with Crippen molar-refractivity contribution in [2.75, 3.05) is 10.6 Å². The van der Waals surface area contributed by atoms with Gasteiger partial charge in [-0.15, -0.1) is 0 Å². The van der Waals surface area contributed by atoms with E-state index in [-0.39, 0.29) is 17.9 Å². The monoisotopic (exact) mass is 470 g/mol. The van der Waals surface area contributed by atoms with Crippen LogP contribution in [0.2, 0.25) is 0 Å². The van der Waals surface area contributed by atoms with Crippen molar-refractivity contribution in [1.82, 2.24) is 9.97 Å². The minimum atomic E-state index is -4.61. The van der Waals surface area contributed by atoms with Gasteiger partial charge in [-0.3, -0.25) is 0 Å². The first-order valence-electron chi connectivity index (χ1n) is 11.7. The molecule has 1 aliphatic rings. The lowest BCUT2D eigenvalue weighted by Gasteiger charge is -2.19. The third-order valence-electron chi connectivity index (χ3n) is 6.13. The molecule has 2 N–H and O–H groups in total. The van der Waals surface area contributed by atoms with E-state index in [9.17, 15) is 13.2 Å². The minimum absolute atomic E-state index is 0.0736. The van der Waals surface area contributed by atoms with Gasteiger partial charge in [0.05, 0.1) is 11.8 Å². The first kappa shape index (κ1) is 23.9. The Morgan fingerprint density at radius 3 is 2.41 bits per heavy atom. The average molecular weight is 471 g/mol. The minimum Gasteiger partial charge on any atom is -0.489 e. The van der Waals surface area contributed by atoms with Crippen molar-refractivity contribution < 1.29 is 17.9 Å². The number of rotatable bonds is 8. The summed E-state index contributed by atoms with van der Waals surface area (Å²) in [5, 5.41) is 5.84. The van der Waals surface area contributed by atoms with Crippen molar-refractivity contribution in [3.63, 3.8) is 0 Å². The van der Waals surface area contributed by atoms with E-state index in [2.05, 4.69) is 32.7 Å². The number of hydrogen-bond acceptors (Lipinski definition) is 5. The molecule has 1 unspecified atom stereocenters. The molecule has 0 radical (unpaired) electrons. The molecular weight excluding hydrogens is 441 g/mol. The lowest BCUT2D eigenvalue weighted by Crippen LogP contribution is -2.14. The van der Waals surface area contributed by atoms with Crippen LogP contribution in [0.3, 0.4) is 0 Å². The Hall–Kier alpha value is -3.29. The second-order valence-electron chi connectivity index (χ2n) is 8.64. The van der Waals surface area contributed by atoms with Crippen molar-refractivity contribution in [3.05, 3.63) is 65.9 Å². The van der Waals surface area contributed by atoms with Crippen LogP contribution in [0.15, 0.2) is 54.7 Å². The van der Waals surface area contributed by atoms with E-state index in [1.807, 2.05) is 26.0 Å². The summed E-state index contributed by atoms with van der Waals surface area (Å²) in [6.07, 6.45) is 1.77. The quantitative estimate of drug-likeness (QED) is 0.351. The molecule has 4 rings (SSSR count). The molecule has 0 saturated heterocycles. The number of benzene rings is 2. The van der Waals surface area contributed by atoms with Gasteiger partial charge in [-0.2, -0.15) is 18.2 Å². The highest BCUT2D eigenvalue weighted by atomic mass is 19.4. The predicted molar refractivity (Wildman–Crippen MR) is 128 cm³/mol. The van der Waals surface area contributed by atoms with Gasteiger partial charge in [-0.1, -0.05) is 44.0 Å². The van der Waals surface area contributed by atoms with Gasteiger partial charge in [-0.05, 0) is 61.9 Å². The number of hydrogen-bond donors (Lipinski definition) is 2. The number of ether oxygens (including phenoxy) is 1. The van der Waals surface area contributed by atoms with Crippen LogP contribution in [0.5, 0.6) is 5.75 Å². The van der Waals surface area contributed by atoms with Crippen LogP contribution < -0.4 is 15.4 Å². The normalized spacial score (nSPS) is 15.2. The smallest absolute Gasteiger partial charge is 0.421 e. The molecule has 1 fully saturated rings. The van der Waals surface area contributed by atoms with Crippen LogP contribution in [0.4, 0.5) is 36.3 Å². The predicted octanol–water partition coefficient (Wildman–Crippen LogP) is 7.82. The van der Waals surface area contributed by atoms with Crippen LogP contribution in [-0.2, 0) is 6.18 Å². The molecule has 0 amide bonds. The second-order valence-corrected chi connectivity index (χ2v) is 8.64. The molecule has 0 bridgehead atoms. The summed E-state index contributed by atoms with van der Waals surface area (Å²) >= 11 is 0. The SMILES string of the molecule is CCC(C)Oc1ccccc1Nc1nc(Nc2ccc(C3CCCC3)cc2)ncc1C(F)(F)F. The molecule has 34 heavy (non-hydrogen) atoms. The van der Waals surface area contributed by atoms with E-state index in [4.69, 9.17) is 4.74 Å². The fourth-order valence-electron chi connectivity index (χ4n) is 4.07. The zero-order valence-electron chi connectivity index (χ0n) is 19.3. The van der Waals surface area contributed by atoms with E-state index in [0.29, 0.717) is 23.0 Å². The number of halogens is 3. The lowest BCUT2D eigenvalue weighted by molar-refractivity contribution is -0.137. The maximum absolute atomic E-state index is 13.7. The van der Waals surface area contributed by atoms with Gasteiger partial charge in [0, 0.05) is 11.9 Å². The van der Waals surface area contributed by atoms with Gasteiger partial charge in [0.15, 0.2) is 0 Å². The third-order valence-corrected chi connectivity index (χ3v) is 6.13. The van der Waals surface area contributed by atoms with Crippen LogP contribution in [0.1, 0.15) is 63.0 Å². The van der Waals surface area contributed by atoms with Gasteiger partial charge in [0.1, 0.15) is 17.1 Å².